The molecule has 2 heterocycles. The number of likely N-dealkylation sites (tertiary alicyclic amines) is 1. The number of aryl methyl sites for hydroxylation is 2. The predicted molar refractivity (Wildman–Crippen MR) is 143 cm³/mol. The zero-order valence-electron chi connectivity index (χ0n) is 21.4. The van der Waals surface area contributed by atoms with Crippen LogP contribution in [0.1, 0.15) is 49.9 Å². The number of rotatable bonds is 8. The van der Waals surface area contributed by atoms with Crippen LogP contribution in [-0.2, 0) is 20.9 Å². The second-order valence-corrected chi connectivity index (χ2v) is 12.6. The van der Waals surface area contributed by atoms with E-state index in [1.54, 1.807) is 25.2 Å². The summed E-state index contributed by atoms with van der Waals surface area (Å²) in [4.78, 5) is 45.7. The number of halogens is 1. The van der Waals surface area contributed by atoms with Crippen LogP contribution in [-0.4, -0.2) is 67.9 Å². The van der Waals surface area contributed by atoms with Crippen LogP contribution < -0.4 is 10.6 Å². The van der Waals surface area contributed by atoms with E-state index in [2.05, 4.69) is 34.3 Å². The van der Waals surface area contributed by atoms with Gasteiger partial charge in [0.25, 0.3) is 5.91 Å². The largest absolute Gasteiger partial charge is 0.391 e. The number of aliphatic hydroxyl groups is 1. The van der Waals surface area contributed by atoms with Crippen molar-refractivity contribution < 1.29 is 23.9 Å². The summed E-state index contributed by atoms with van der Waals surface area (Å²) in [7, 11) is 0. The van der Waals surface area contributed by atoms with Gasteiger partial charge in [-0.15, -0.1) is 11.3 Å². The molecule has 1 saturated carbocycles. The summed E-state index contributed by atoms with van der Waals surface area (Å²) in [6.07, 6.45) is -0.589. The lowest BCUT2D eigenvalue weighted by Gasteiger charge is -2.35. The number of aliphatic hydroxyl groups excluding tert-OH is 1. The molecule has 0 unspecified atom stereocenters. The fourth-order valence-electron chi connectivity index (χ4n) is 4.52. The van der Waals surface area contributed by atoms with Gasteiger partial charge in [0.2, 0.25) is 11.8 Å². The van der Waals surface area contributed by atoms with Gasteiger partial charge in [-0.1, -0.05) is 18.2 Å². The maximum Gasteiger partial charge on any atom is 0.258 e. The van der Waals surface area contributed by atoms with Crippen molar-refractivity contribution in [3.05, 3.63) is 40.5 Å². The number of thiol groups is 1. The molecule has 3 amide bonds. The monoisotopic (exact) mass is 548 g/mol. The second-order valence-electron chi connectivity index (χ2n) is 10.5. The van der Waals surface area contributed by atoms with Crippen LogP contribution in [0.4, 0.5) is 4.39 Å². The molecule has 1 aliphatic carbocycles. The Kier molecular flexibility index (Phi) is 7.69. The van der Waals surface area contributed by atoms with Gasteiger partial charge in [0, 0.05) is 24.3 Å². The van der Waals surface area contributed by atoms with Gasteiger partial charge in [-0.3, -0.25) is 14.4 Å². The molecular formula is C26H33FN4O4S2. The van der Waals surface area contributed by atoms with Crippen molar-refractivity contribution in [1.82, 2.24) is 20.5 Å². The highest BCUT2D eigenvalue weighted by molar-refractivity contribution is 7.81. The van der Waals surface area contributed by atoms with Crippen molar-refractivity contribution in [2.24, 2.45) is 0 Å². The Labute approximate surface area is 225 Å². The smallest absolute Gasteiger partial charge is 0.258 e. The van der Waals surface area contributed by atoms with E-state index >= 15 is 0 Å². The summed E-state index contributed by atoms with van der Waals surface area (Å²) in [6.45, 7) is 7.40. The van der Waals surface area contributed by atoms with Crippen molar-refractivity contribution >= 4 is 41.7 Å². The first kappa shape index (κ1) is 27.5. The average Bonchev–Trinajstić information content (AvgIpc) is 3.23. The van der Waals surface area contributed by atoms with Gasteiger partial charge in [-0.05, 0) is 57.2 Å². The number of alkyl halides is 1. The van der Waals surface area contributed by atoms with Crippen molar-refractivity contribution in [3.8, 4) is 10.4 Å². The minimum Gasteiger partial charge on any atom is -0.391 e. The highest BCUT2D eigenvalue weighted by Crippen LogP contribution is 2.40. The first-order valence-corrected chi connectivity index (χ1v) is 13.6. The zero-order chi connectivity index (χ0) is 27.1. The molecule has 1 aromatic heterocycles. The quantitative estimate of drug-likeness (QED) is 0.379. The van der Waals surface area contributed by atoms with Crippen molar-refractivity contribution in [1.29, 1.82) is 0 Å². The summed E-state index contributed by atoms with van der Waals surface area (Å²) in [5.74, 6) is -1.83. The molecule has 200 valence electrons. The van der Waals surface area contributed by atoms with Gasteiger partial charge in [-0.25, -0.2) is 9.37 Å². The van der Waals surface area contributed by atoms with E-state index in [0.29, 0.717) is 0 Å². The number of carbonyl (C=O) groups excluding carboxylic acids is 3. The van der Waals surface area contributed by atoms with Crippen LogP contribution in [0.5, 0.6) is 0 Å². The molecule has 0 spiro atoms. The molecule has 8 nitrogen and oxygen atoms in total. The third kappa shape index (κ3) is 5.99. The standard InChI is InChI=1S/C26H33FN4O4S2/c1-14-9-16(20-15(2)29-13-37-20)5-6-17(14)11-28-22(33)19-10-18(32)12-31(19)23(34)21(25(3,4)36)30-24(35)26(27)7-8-26/h5-6,9,13,18-19,21,32,36H,7-8,10-12H2,1-4H3,(H,28,33)(H,30,35)/t18-,19+,21-/m1/s1. The Morgan fingerprint density at radius 2 is 2.03 bits per heavy atom. The van der Waals surface area contributed by atoms with Gasteiger partial charge >= 0.3 is 0 Å². The molecule has 2 aromatic rings. The first-order chi connectivity index (χ1) is 17.3. The normalized spacial score (nSPS) is 21.4. The molecule has 2 fully saturated rings. The number of hydrogen-bond donors (Lipinski definition) is 4. The van der Waals surface area contributed by atoms with Crippen molar-refractivity contribution in [3.63, 3.8) is 0 Å². The molecule has 3 N–H and O–H groups in total. The highest BCUT2D eigenvalue weighted by atomic mass is 32.1. The number of amides is 3. The summed E-state index contributed by atoms with van der Waals surface area (Å²) < 4.78 is 13.3. The van der Waals surface area contributed by atoms with E-state index < -0.39 is 46.3 Å². The zero-order valence-corrected chi connectivity index (χ0v) is 23.1. The summed E-state index contributed by atoms with van der Waals surface area (Å²) in [5.41, 5.74) is 3.81. The average molecular weight is 549 g/mol. The van der Waals surface area contributed by atoms with Gasteiger partial charge in [0.15, 0.2) is 5.67 Å². The van der Waals surface area contributed by atoms with E-state index in [-0.39, 0.29) is 32.4 Å². The molecule has 4 rings (SSSR count). The van der Waals surface area contributed by atoms with Crippen LogP contribution in [0.2, 0.25) is 0 Å². The topological polar surface area (TPSA) is 112 Å². The van der Waals surface area contributed by atoms with Crippen LogP contribution in [0.3, 0.4) is 0 Å². The molecule has 0 radical (unpaired) electrons. The van der Waals surface area contributed by atoms with Crippen LogP contribution in [0, 0.1) is 13.8 Å². The van der Waals surface area contributed by atoms with E-state index in [4.69, 9.17) is 0 Å². The van der Waals surface area contributed by atoms with Crippen LogP contribution in [0.25, 0.3) is 10.4 Å². The number of aromatic nitrogens is 1. The molecule has 1 saturated heterocycles. The molecule has 11 heteroatoms. The molecular weight excluding hydrogens is 515 g/mol. The first-order valence-electron chi connectivity index (χ1n) is 12.3. The highest BCUT2D eigenvalue weighted by Gasteiger charge is 2.53. The van der Waals surface area contributed by atoms with Crippen LogP contribution >= 0.6 is 24.0 Å². The Morgan fingerprint density at radius 3 is 2.59 bits per heavy atom. The molecule has 37 heavy (non-hydrogen) atoms. The summed E-state index contributed by atoms with van der Waals surface area (Å²) >= 11 is 6.04. The minimum absolute atomic E-state index is 0.0597. The summed E-state index contributed by atoms with van der Waals surface area (Å²) in [6, 6.07) is 3.91. The second kappa shape index (κ2) is 10.3. The Bertz CT molecular complexity index is 1210. The number of carbonyl (C=O) groups is 3. The van der Waals surface area contributed by atoms with E-state index in [0.717, 1.165) is 27.3 Å². The third-order valence-electron chi connectivity index (χ3n) is 6.99. The molecule has 1 aromatic carbocycles. The fraction of sp³-hybridized carbons (Fsp3) is 0.538. The van der Waals surface area contributed by atoms with Gasteiger partial charge in [0.1, 0.15) is 12.1 Å². The van der Waals surface area contributed by atoms with E-state index in [1.807, 2.05) is 31.5 Å². The Morgan fingerprint density at radius 1 is 1.32 bits per heavy atom. The lowest BCUT2D eigenvalue weighted by molar-refractivity contribution is -0.143. The van der Waals surface area contributed by atoms with Crippen molar-refractivity contribution in [2.75, 3.05) is 6.54 Å². The lowest BCUT2D eigenvalue weighted by atomic mass is 10.00. The van der Waals surface area contributed by atoms with Crippen molar-refractivity contribution in [2.45, 2.75) is 82.1 Å². The number of thiazole rings is 1. The SMILES string of the molecule is Cc1cc(-c2scnc2C)ccc1CNC(=O)[C@@H]1C[C@@H](O)CN1C(=O)[C@@H](NC(=O)C1(F)CC1)C(C)(C)S. The lowest BCUT2D eigenvalue weighted by Crippen LogP contribution is -2.60. The minimum atomic E-state index is -1.95. The van der Waals surface area contributed by atoms with Crippen LogP contribution in [0.15, 0.2) is 23.7 Å². The number of hydrogen-bond acceptors (Lipinski definition) is 7. The molecule has 3 atom stereocenters. The Hall–Kier alpha value is -2.50. The van der Waals surface area contributed by atoms with E-state index in [1.165, 1.54) is 4.90 Å². The maximum absolute atomic E-state index is 14.3. The van der Waals surface area contributed by atoms with Gasteiger partial charge in [0.05, 0.1) is 22.2 Å². The molecule has 0 bridgehead atoms. The number of nitrogens with zero attached hydrogens (tertiary/aromatic N) is 2. The van der Waals surface area contributed by atoms with E-state index in [9.17, 15) is 23.9 Å². The maximum atomic E-state index is 14.3. The predicted octanol–water partition coefficient (Wildman–Crippen LogP) is 2.70. The number of benzene rings is 1. The Balaban J connectivity index is 1.45. The molecule has 2 aliphatic rings. The van der Waals surface area contributed by atoms with Gasteiger partial charge < -0.3 is 20.6 Å². The number of β-amino-alcohol motifs (C(OH)–C–C–N with tert-alkyl or cyclic N) is 1. The fourth-order valence-corrected chi connectivity index (χ4v) is 5.50. The number of nitrogens with one attached hydrogen (secondary N) is 2. The molecule has 1 aliphatic heterocycles. The third-order valence-corrected chi connectivity index (χ3v) is 8.23. The van der Waals surface area contributed by atoms with Gasteiger partial charge in [-0.2, -0.15) is 12.6 Å². The summed E-state index contributed by atoms with van der Waals surface area (Å²) in [5, 5.41) is 15.7.